The van der Waals surface area contributed by atoms with E-state index in [9.17, 15) is 4.79 Å². The molecule has 0 aliphatic carbocycles. The highest BCUT2D eigenvalue weighted by molar-refractivity contribution is 14.1. The molecule has 2 rings (SSSR count). The van der Waals surface area contributed by atoms with E-state index >= 15 is 0 Å². The summed E-state index contributed by atoms with van der Waals surface area (Å²) in [6.45, 7) is 0.539. The number of carbonyl (C=O) groups excluding carboxylic acids is 1. The second-order valence-electron chi connectivity index (χ2n) is 3.60. The summed E-state index contributed by atoms with van der Waals surface area (Å²) >= 11 is 2.27. The Bertz CT molecular complexity index is 489. The lowest BCUT2D eigenvalue weighted by atomic mass is 10.2. The molecule has 17 heavy (non-hydrogen) atoms. The molecular formula is C14H11IO2. The lowest BCUT2D eigenvalue weighted by molar-refractivity contribution is 0.112. The first-order valence-corrected chi connectivity index (χ1v) is 6.28. The Labute approximate surface area is 114 Å². The number of halogens is 1. The third-order valence-corrected chi connectivity index (χ3v) is 3.05. The van der Waals surface area contributed by atoms with E-state index in [4.69, 9.17) is 4.74 Å². The summed E-state index contributed by atoms with van der Waals surface area (Å²) in [7, 11) is 0. The molecule has 3 heteroatoms. The van der Waals surface area contributed by atoms with Crippen molar-refractivity contribution < 1.29 is 9.53 Å². The third-order valence-electron chi connectivity index (χ3n) is 2.33. The second kappa shape index (κ2) is 5.82. The van der Waals surface area contributed by atoms with Gasteiger partial charge in [-0.25, -0.2) is 0 Å². The van der Waals surface area contributed by atoms with Crippen molar-refractivity contribution in [2.24, 2.45) is 0 Å². The van der Waals surface area contributed by atoms with Crippen molar-refractivity contribution in [1.82, 2.24) is 0 Å². The van der Waals surface area contributed by atoms with Gasteiger partial charge >= 0.3 is 0 Å². The first-order chi connectivity index (χ1) is 8.28. The minimum Gasteiger partial charge on any atom is -0.489 e. The fourth-order valence-corrected chi connectivity index (χ4v) is 1.75. The lowest BCUT2D eigenvalue weighted by Crippen LogP contribution is -1.95. The van der Waals surface area contributed by atoms with E-state index in [1.165, 1.54) is 3.57 Å². The zero-order chi connectivity index (χ0) is 12.1. The fraction of sp³-hybridized carbons (Fsp3) is 0.0714. The van der Waals surface area contributed by atoms with Crippen molar-refractivity contribution in [2.45, 2.75) is 6.61 Å². The molecule has 0 saturated carbocycles. The van der Waals surface area contributed by atoms with Crippen LogP contribution in [0.3, 0.4) is 0 Å². The summed E-state index contributed by atoms with van der Waals surface area (Å²) in [6, 6.07) is 15.3. The number of hydrogen-bond acceptors (Lipinski definition) is 2. The zero-order valence-electron chi connectivity index (χ0n) is 9.10. The third kappa shape index (κ3) is 3.56. The minimum atomic E-state index is 0.539. The topological polar surface area (TPSA) is 26.3 Å². The van der Waals surface area contributed by atoms with Crippen molar-refractivity contribution in [1.29, 1.82) is 0 Å². The van der Waals surface area contributed by atoms with Crippen LogP contribution in [0.1, 0.15) is 15.9 Å². The molecule has 0 aromatic heterocycles. The van der Waals surface area contributed by atoms with Crippen molar-refractivity contribution in [2.75, 3.05) is 0 Å². The fourth-order valence-electron chi connectivity index (χ4n) is 1.39. The van der Waals surface area contributed by atoms with Gasteiger partial charge in [0.25, 0.3) is 0 Å². The lowest BCUT2D eigenvalue weighted by Gasteiger charge is -2.06. The number of ether oxygens (including phenoxy) is 1. The summed E-state index contributed by atoms with van der Waals surface area (Å²) in [6.07, 6.45) is 0.822. The maximum atomic E-state index is 10.5. The molecule has 0 amide bonds. The van der Waals surface area contributed by atoms with Crippen LogP contribution in [0.25, 0.3) is 0 Å². The van der Waals surface area contributed by atoms with Crippen molar-refractivity contribution in [3.8, 4) is 5.75 Å². The first kappa shape index (κ1) is 12.1. The molecule has 0 saturated heterocycles. The Hall–Kier alpha value is -1.36. The molecule has 0 aliphatic rings. The standard InChI is InChI=1S/C14H11IO2/c15-13-5-1-12(2-6-13)10-17-14-7-3-11(9-16)4-8-14/h1-9H,10H2. The Morgan fingerprint density at radius 3 is 2.24 bits per heavy atom. The van der Waals surface area contributed by atoms with Gasteiger partial charge in [0.2, 0.25) is 0 Å². The van der Waals surface area contributed by atoms with E-state index in [0.29, 0.717) is 12.2 Å². The number of aldehydes is 1. The van der Waals surface area contributed by atoms with Crippen LogP contribution >= 0.6 is 22.6 Å². The van der Waals surface area contributed by atoms with Crippen molar-refractivity contribution >= 4 is 28.9 Å². The van der Waals surface area contributed by atoms with E-state index in [2.05, 4.69) is 34.7 Å². The van der Waals surface area contributed by atoms with Crippen molar-refractivity contribution in [3.05, 3.63) is 63.2 Å². The van der Waals surface area contributed by atoms with Gasteiger partial charge in [0, 0.05) is 9.13 Å². The molecule has 0 N–H and O–H groups in total. The molecule has 0 radical (unpaired) electrons. The average Bonchev–Trinajstić information content (AvgIpc) is 2.39. The van der Waals surface area contributed by atoms with Gasteiger partial charge in [0.15, 0.2) is 0 Å². The molecule has 0 atom stereocenters. The van der Waals surface area contributed by atoms with Crippen LogP contribution in [0.2, 0.25) is 0 Å². The smallest absolute Gasteiger partial charge is 0.150 e. The van der Waals surface area contributed by atoms with Crippen LogP contribution in [0.15, 0.2) is 48.5 Å². The average molecular weight is 338 g/mol. The summed E-state index contributed by atoms with van der Waals surface area (Å²) in [5.41, 5.74) is 1.79. The summed E-state index contributed by atoms with van der Waals surface area (Å²) in [5.74, 6) is 0.772. The van der Waals surface area contributed by atoms with E-state index in [0.717, 1.165) is 17.6 Å². The first-order valence-electron chi connectivity index (χ1n) is 5.20. The van der Waals surface area contributed by atoms with Gasteiger partial charge in [0.1, 0.15) is 18.6 Å². The SMILES string of the molecule is O=Cc1ccc(OCc2ccc(I)cc2)cc1. The highest BCUT2D eigenvalue weighted by Crippen LogP contribution is 2.14. The zero-order valence-corrected chi connectivity index (χ0v) is 11.3. The number of benzene rings is 2. The number of rotatable bonds is 4. The monoisotopic (exact) mass is 338 g/mol. The van der Waals surface area contributed by atoms with Gasteiger partial charge in [-0.15, -0.1) is 0 Å². The van der Waals surface area contributed by atoms with Crippen LogP contribution in [0.4, 0.5) is 0 Å². The highest BCUT2D eigenvalue weighted by Gasteiger charge is 1.96. The Morgan fingerprint density at radius 2 is 1.65 bits per heavy atom. The number of hydrogen-bond donors (Lipinski definition) is 0. The predicted octanol–water partition coefficient (Wildman–Crippen LogP) is 3.68. The molecule has 0 fully saturated rings. The normalized spacial score (nSPS) is 9.94. The quantitative estimate of drug-likeness (QED) is 0.628. The van der Waals surface area contributed by atoms with Crippen LogP contribution in [-0.4, -0.2) is 6.29 Å². The van der Waals surface area contributed by atoms with Crippen LogP contribution < -0.4 is 4.74 Å². The maximum Gasteiger partial charge on any atom is 0.150 e. The molecule has 0 heterocycles. The van der Waals surface area contributed by atoms with Crippen LogP contribution in [0.5, 0.6) is 5.75 Å². The Morgan fingerprint density at radius 1 is 1.00 bits per heavy atom. The molecule has 2 nitrogen and oxygen atoms in total. The number of carbonyl (C=O) groups is 1. The van der Waals surface area contributed by atoms with E-state index in [1.807, 2.05) is 12.1 Å². The van der Waals surface area contributed by atoms with Crippen LogP contribution in [0, 0.1) is 3.57 Å². The van der Waals surface area contributed by atoms with Gasteiger partial charge in [-0.05, 0) is 64.6 Å². The summed E-state index contributed by atoms with van der Waals surface area (Å²) < 4.78 is 6.82. The maximum absolute atomic E-state index is 10.5. The molecule has 0 unspecified atom stereocenters. The molecule has 2 aromatic carbocycles. The van der Waals surface area contributed by atoms with E-state index in [1.54, 1.807) is 24.3 Å². The largest absolute Gasteiger partial charge is 0.489 e. The van der Waals surface area contributed by atoms with Crippen LogP contribution in [-0.2, 0) is 6.61 Å². The Kier molecular flexibility index (Phi) is 4.14. The predicted molar refractivity (Wildman–Crippen MR) is 75.3 cm³/mol. The molecule has 0 spiro atoms. The van der Waals surface area contributed by atoms with Crippen molar-refractivity contribution in [3.63, 3.8) is 0 Å². The van der Waals surface area contributed by atoms with Gasteiger partial charge in [-0.3, -0.25) is 4.79 Å². The second-order valence-corrected chi connectivity index (χ2v) is 4.85. The van der Waals surface area contributed by atoms with Gasteiger partial charge in [-0.2, -0.15) is 0 Å². The van der Waals surface area contributed by atoms with E-state index < -0.39 is 0 Å². The highest BCUT2D eigenvalue weighted by atomic mass is 127. The van der Waals surface area contributed by atoms with Gasteiger partial charge in [0.05, 0.1) is 0 Å². The summed E-state index contributed by atoms with van der Waals surface area (Å²) in [4.78, 5) is 10.5. The molecule has 2 aromatic rings. The van der Waals surface area contributed by atoms with E-state index in [-0.39, 0.29) is 0 Å². The molecular weight excluding hydrogens is 327 g/mol. The summed E-state index contributed by atoms with van der Waals surface area (Å²) in [5, 5.41) is 0. The van der Waals surface area contributed by atoms with Gasteiger partial charge in [-0.1, -0.05) is 12.1 Å². The Balaban J connectivity index is 1.97. The molecule has 0 aliphatic heterocycles. The van der Waals surface area contributed by atoms with Gasteiger partial charge < -0.3 is 4.74 Å². The molecule has 86 valence electrons. The molecule has 0 bridgehead atoms. The minimum absolute atomic E-state index is 0.539.